The summed E-state index contributed by atoms with van der Waals surface area (Å²) in [6.07, 6.45) is 0. The van der Waals surface area contributed by atoms with Crippen LogP contribution in [0.15, 0.2) is 48.5 Å². The van der Waals surface area contributed by atoms with Crippen LogP contribution >= 0.6 is 0 Å². The fourth-order valence-electron chi connectivity index (χ4n) is 1.87. The van der Waals surface area contributed by atoms with Crippen molar-refractivity contribution in [2.75, 3.05) is 19.0 Å². The Labute approximate surface area is 138 Å². The van der Waals surface area contributed by atoms with Gasteiger partial charge in [-0.2, -0.15) is 0 Å². The zero-order valence-electron chi connectivity index (χ0n) is 12.1. The van der Waals surface area contributed by atoms with Crippen LogP contribution in [0, 0.1) is 5.82 Å². The second kappa shape index (κ2) is 9.61. The average molecular weight is 329 g/mol. The number of anilines is 1. The summed E-state index contributed by atoms with van der Waals surface area (Å²) in [5.41, 5.74) is 3.53. The minimum Gasteiger partial charge on any atom is -1.00 e. The molecule has 0 spiro atoms. The monoisotopic (exact) mass is 328 g/mol. The molecule has 21 heavy (non-hydrogen) atoms. The van der Waals surface area contributed by atoms with Crippen LogP contribution in [0.2, 0.25) is 0 Å². The fraction of sp³-hybridized carbons (Fsp3) is 0.250. The van der Waals surface area contributed by atoms with Gasteiger partial charge >= 0.3 is 0 Å². The lowest BCUT2D eigenvalue weighted by Crippen LogP contribution is -3.00. The minimum atomic E-state index is -0.192. The molecule has 0 saturated carbocycles. The molecule has 0 saturated heterocycles. The summed E-state index contributed by atoms with van der Waals surface area (Å²) in [5.74, 6) is -0.192. The Kier molecular flexibility index (Phi) is 9.02. The molecule has 0 aliphatic carbocycles. The summed E-state index contributed by atoms with van der Waals surface area (Å²) in [4.78, 5) is 2.08. The van der Waals surface area contributed by atoms with Gasteiger partial charge in [0.15, 0.2) is 0 Å². The molecule has 0 fully saturated rings. The normalized spacial score (nSPS) is 9.48. The number of hydrogen-bond donors (Lipinski definition) is 1. The van der Waals surface area contributed by atoms with Crippen molar-refractivity contribution in [2.45, 2.75) is 13.1 Å². The van der Waals surface area contributed by atoms with Gasteiger partial charge in [0.05, 0.1) is 0 Å². The van der Waals surface area contributed by atoms with Crippen LogP contribution in [0.1, 0.15) is 11.1 Å². The van der Waals surface area contributed by atoms with Crippen LogP contribution in [0.25, 0.3) is 0 Å². The first-order chi connectivity index (χ1) is 9.15. The Morgan fingerprint density at radius 1 is 0.810 bits per heavy atom. The van der Waals surface area contributed by atoms with Gasteiger partial charge in [0.2, 0.25) is 0 Å². The lowest BCUT2D eigenvalue weighted by atomic mass is 10.2. The number of benzene rings is 2. The van der Waals surface area contributed by atoms with E-state index in [2.05, 4.69) is 34.5 Å². The highest BCUT2D eigenvalue weighted by Crippen LogP contribution is 2.12. The molecule has 0 bridgehead atoms. The van der Waals surface area contributed by atoms with Gasteiger partial charge in [-0.25, -0.2) is 4.39 Å². The Morgan fingerprint density at radius 2 is 1.24 bits per heavy atom. The molecule has 0 amide bonds. The van der Waals surface area contributed by atoms with E-state index in [9.17, 15) is 4.39 Å². The zero-order valence-corrected chi connectivity index (χ0v) is 13.6. The van der Waals surface area contributed by atoms with Crippen LogP contribution in [0.3, 0.4) is 0 Å². The van der Waals surface area contributed by atoms with Crippen LogP contribution in [0.4, 0.5) is 10.1 Å². The first-order valence-electron chi connectivity index (χ1n) is 6.36. The Hall–Kier alpha value is -1.29. The second-order valence-electron chi connectivity index (χ2n) is 4.79. The fourth-order valence-corrected chi connectivity index (χ4v) is 1.87. The molecular formula is C16H19Cl2FN2-2. The Balaban J connectivity index is 0.00000200. The quantitative estimate of drug-likeness (QED) is 0.637. The van der Waals surface area contributed by atoms with Gasteiger partial charge in [-0.15, -0.1) is 0 Å². The standard InChI is InChI=1S/C16H19FN2.2ClH/c1-19(2)16-9-5-14(6-10-16)12-18-11-13-3-7-15(17)8-4-13;;/h3-10,18H,11-12H2,1-2H3;2*1H/p-2. The predicted octanol–water partition coefficient (Wildman–Crippen LogP) is -2.81. The second-order valence-corrected chi connectivity index (χ2v) is 4.79. The highest BCUT2D eigenvalue weighted by atomic mass is 35.5. The van der Waals surface area contributed by atoms with E-state index in [1.165, 1.54) is 23.4 Å². The van der Waals surface area contributed by atoms with Gasteiger partial charge in [0, 0.05) is 32.9 Å². The number of nitrogens with zero attached hydrogens (tertiary/aromatic N) is 1. The smallest absolute Gasteiger partial charge is 0.123 e. The summed E-state index contributed by atoms with van der Waals surface area (Å²) in [7, 11) is 4.06. The Morgan fingerprint density at radius 3 is 1.67 bits per heavy atom. The SMILES string of the molecule is CN(C)c1ccc(CNCc2ccc(F)cc2)cc1.[Cl-].[Cl-]. The topological polar surface area (TPSA) is 15.3 Å². The molecule has 0 unspecified atom stereocenters. The van der Waals surface area contributed by atoms with Crippen molar-refractivity contribution in [1.29, 1.82) is 0 Å². The van der Waals surface area contributed by atoms with Crippen molar-refractivity contribution in [3.05, 3.63) is 65.5 Å². The Bertz CT molecular complexity index is 513. The van der Waals surface area contributed by atoms with Crippen molar-refractivity contribution < 1.29 is 29.2 Å². The van der Waals surface area contributed by atoms with Gasteiger partial charge in [0.25, 0.3) is 0 Å². The van der Waals surface area contributed by atoms with E-state index in [0.29, 0.717) is 0 Å². The van der Waals surface area contributed by atoms with Gasteiger partial charge < -0.3 is 35.0 Å². The largest absolute Gasteiger partial charge is 1.00 e. The van der Waals surface area contributed by atoms with E-state index in [1.54, 1.807) is 12.1 Å². The number of rotatable bonds is 5. The molecule has 0 aliphatic heterocycles. The summed E-state index contributed by atoms with van der Waals surface area (Å²) in [6, 6.07) is 15.0. The van der Waals surface area contributed by atoms with Crippen molar-refractivity contribution in [2.24, 2.45) is 0 Å². The van der Waals surface area contributed by atoms with Crippen LogP contribution in [-0.2, 0) is 13.1 Å². The molecule has 2 rings (SSSR count). The van der Waals surface area contributed by atoms with Gasteiger partial charge in [-0.05, 0) is 35.4 Å². The number of nitrogens with one attached hydrogen (secondary N) is 1. The van der Waals surface area contributed by atoms with Crippen LogP contribution in [0.5, 0.6) is 0 Å². The molecule has 0 heterocycles. The third-order valence-electron chi connectivity index (χ3n) is 3.02. The molecule has 2 nitrogen and oxygen atoms in total. The molecule has 1 N–H and O–H groups in total. The molecule has 0 atom stereocenters. The average Bonchev–Trinajstić information content (AvgIpc) is 2.41. The summed E-state index contributed by atoms with van der Waals surface area (Å²) >= 11 is 0. The maximum atomic E-state index is 12.8. The van der Waals surface area contributed by atoms with Crippen molar-refractivity contribution in [1.82, 2.24) is 5.32 Å². The summed E-state index contributed by atoms with van der Waals surface area (Å²) in [6.45, 7) is 1.56. The van der Waals surface area contributed by atoms with E-state index < -0.39 is 0 Å². The van der Waals surface area contributed by atoms with Crippen LogP contribution in [-0.4, -0.2) is 14.1 Å². The first kappa shape index (κ1) is 19.7. The molecule has 2 aromatic rings. The summed E-state index contributed by atoms with van der Waals surface area (Å²) < 4.78 is 12.8. The van der Waals surface area contributed by atoms with E-state index in [0.717, 1.165) is 18.7 Å². The molecule has 5 heteroatoms. The lowest BCUT2D eigenvalue weighted by molar-refractivity contribution is -0.00100. The number of hydrogen-bond acceptors (Lipinski definition) is 2. The van der Waals surface area contributed by atoms with E-state index in [4.69, 9.17) is 0 Å². The van der Waals surface area contributed by atoms with E-state index in [1.807, 2.05) is 14.1 Å². The maximum Gasteiger partial charge on any atom is 0.123 e. The van der Waals surface area contributed by atoms with Crippen molar-refractivity contribution in [3.63, 3.8) is 0 Å². The molecular weight excluding hydrogens is 310 g/mol. The maximum absolute atomic E-state index is 12.8. The molecule has 0 aromatic heterocycles. The first-order valence-corrected chi connectivity index (χ1v) is 6.36. The van der Waals surface area contributed by atoms with Crippen molar-refractivity contribution in [3.8, 4) is 0 Å². The molecule has 2 aromatic carbocycles. The molecule has 0 aliphatic rings. The van der Waals surface area contributed by atoms with Gasteiger partial charge in [0.1, 0.15) is 5.82 Å². The number of halogens is 3. The molecule has 0 radical (unpaired) electrons. The lowest BCUT2D eigenvalue weighted by Gasteiger charge is -2.13. The molecule has 116 valence electrons. The predicted molar refractivity (Wildman–Crippen MR) is 77.7 cm³/mol. The van der Waals surface area contributed by atoms with Gasteiger partial charge in [-0.3, -0.25) is 0 Å². The highest BCUT2D eigenvalue weighted by Gasteiger charge is 1.97. The highest BCUT2D eigenvalue weighted by molar-refractivity contribution is 5.45. The third kappa shape index (κ3) is 6.34. The van der Waals surface area contributed by atoms with Gasteiger partial charge in [-0.1, -0.05) is 24.3 Å². The van der Waals surface area contributed by atoms with Crippen LogP contribution < -0.4 is 35.0 Å². The zero-order chi connectivity index (χ0) is 13.7. The third-order valence-corrected chi connectivity index (χ3v) is 3.02. The minimum absolute atomic E-state index is 0. The van der Waals surface area contributed by atoms with Crippen molar-refractivity contribution >= 4 is 5.69 Å². The summed E-state index contributed by atoms with van der Waals surface area (Å²) in [5, 5.41) is 3.35. The van der Waals surface area contributed by atoms with E-state index in [-0.39, 0.29) is 30.6 Å². The van der Waals surface area contributed by atoms with E-state index >= 15 is 0 Å².